The molecule has 6 N–H and O–H groups in total. The van der Waals surface area contributed by atoms with Crippen molar-refractivity contribution in [3.05, 3.63) is 82.3 Å². The number of carbonyl (C=O) groups is 12. The van der Waals surface area contributed by atoms with Crippen molar-refractivity contribution in [2.45, 2.75) is 215 Å². The number of hydrogen-bond acceptors (Lipinski definition) is 18. The largest absolute Gasteiger partial charge is 0.431 e. The van der Waals surface area contributed by atoms with Crippen molar-refractivity contribution in [1.29, 1.82) is 0 Å². The molecular weight excluding hydrogens is 1390 g/mol. The minimum Gasteiger partial charge on any atom is -0.431 e. The zero-order valence-electron chi connectivity index (χ0n) is 66.8. The molecule has 3 saturated heterocycles. The van der Waals surface area contributed by atoms with Crippen LogP contribution in [0.3, 0.4) is 0 Å². The van der Waals surface area contributed by atoms with Crippen LogP contribution in [-0.2, 0) is 63.8 Å². The van der Waals surface area contributed by atoms with E-state index >= 15 is 4.79 Å². The van der Waals surface area contributed by atoms with Crippen molar-refractivity contribution in [1.82, 2.24) is 45.0 Å². The topological polar surface area (TPSA) is 338 Å². The van der Waals surface area contributed by atoms with Gasteiger partial charge in [-0.1, -0.05) is 125 Å². The Kier molecular flexibility index (Phi) is 36.0. The number of aliphatic hydroxyl groups excluding tert-OH is 1. The van der Waals surface area contributed by atoms with Crippen LogP contribution in [0.5, 0.6) is 0 Å². The van der Waals surface area contributed by atoms with Crippen molar-refractivity contribution in [3.63, 3.8) is 0 Å². The van der Waals surface area contributed by atoms with Crippen LogP contribution in [0.4, 0.5) is 15.3 Å². The molecule has 1 unspecified atom stereocenters. The first-order valence-corrected chi connectivity index (χ1v) is 39.0. The lowest BCUT2D eigenvalue weighted by atomic mass is 9.80. The van der Waals surface area contributed by atoms with E-state index in [-0.39, 0.29) is 147 Å². The minimum atomic E-state index is -1.51. The van der Waals surface area contributed by atoms with Gasteiger partial charge in [-0.15, -0.1) is 11.3 Å². The molecule has 0 radical (unpaired) electrons. The lowest BCUT2D eigenvalue weighted by molar-refractivity contribution is -0.148. The molecule has 0 saturated carbocycles. The third-order valence-electron chi connectivity index (χ3n) is 21.7. The van der Waals surface area contributed by atoms with Gasteiger partial charge >= 0.3 is 12.1 Å². The predicted octanol–water partition coefficient (Wildman–Crippen LogP) is 9.23. The van der Waals surface area contributed by atoms with Gasteiger partial charge in [0, 0.05) is 172 Å². The first-order chi connectivity index (χ1) is 51.4. The van der Waals surface area contributed by atoms with Gasteiger partial charge in [0.15, 0.2) is 11.6 Å². The van der Waals surface area contributed by atoms with E-state index in [9.17, 15) is 57.8 Å². The molecular formula is C80H123N11O15S. The molecule has 10 amide bonds. The monoisotopic (exact) mass is 1510 g/mol. The normalized spacial score (nSPS) is 18.0. The molecule has 0 aliphatic carbocycles. The molecule has 3 aliphatic heterocycles. The quantitative estimate of drug-likeness (QED) is 0.0260. The number of nitrogens with one attached hydrogen (secondary N) is 3. The second kappa shape index (κ2) is 43.8. The van der Waals surface area contributed by atoms with Gasteiger partial charge < -0.3 is 60.8 Å². The number of urea groups is 1. The second-order valence-corrected chi connectivity index (χ2v) is 31.3. The molecule has 26 nitrogen and oxygen atoms in total. The number of likely N-dealkylation sites (N-methyl/N-ethyl adjacent to an activating group) is 3. The molecule has 107 heavy (non-hydrogen) atoms. The molecule has 27 heteroatoms. The number of ether oxygens (including phenoxy) is 2. The molecule has 12 atom stereocenters. The second-order valence-electron chi connectivity index (χ2n) is 30.3. The van der Waals surface area contributed by atoms with E-state index in [0.717, 1.165) is 10.6 Å². The van der Waals surface area contributed by atoms with Crippen LogP contribution in [0, 0.1) is 47.3 Å². The summed E-state index contributed by atoms with van der Waals surface area (Å²) in [5, 5.41) is 22.0. The summed E-state index contributed by atoms with van der Waals surface area (Å²) in [7, 11) is 7.79. The van der Waals surface area contributed by atoms with Crippen LogP contribution < -0.4 is 21.7 Å². The van der Waals surface area contributed by atoms with E-state index < -0.39 is 95.7 Å². The summed E-state index contributed by atoms with van der Waals surface area (Å²) in [5.74, 6) is -7.62. The molecule has 0 bridgehead atoms. The van der Waals surface area contributed by atoms with E-state index in [1.54, 1.807) is 67.8 Å². The van der Waals surface area contributed by atoms with Crippen molar-refractivity contribution in [3.8, 4) is 0 Å². The number of aliphatic hydroxyl groups is 1. The standard InChI is InChI=1S/C79H119N11O15S.CH4/c1-14-52(8)72(65(104-13)47-69(98)89-37-22-26-61(89)60(48-91)53(9)62(92)45-57(75-81-35-42-106-75)43-54-23-17-15-18-24-54)86(11)76(100)59(49(2)3)46-64(94)71(51(6)7)87(12)79(103)105-73(77(101)88-40-38-85(10)39-41-88)55-28-30-58(31-29-55)83-74(99)56(25-21-34-82-78(80)102)44-63(93)70(50(4)5)84-66(95)27-19-16-20-36-90-67(96)32-33-68(90)97;/h15,17-18,23-24,28-31,35,42,49-53,56-57,59-61,65,70-73,91H,14,16,19-22,25-27,32-34,36-41,43-48H2,1-13H3,(H,83,99)(H,84,95)(H3,80,82,102);1H4/t52-,53+,56+,57+,59-,60+,61-,65+,70-,71-,72-,73?;/m0./s1/i;1T. The number of thiazole rings is 1. The third kappa shape index (κ3) is 25.8. The van der Waals surface area contributed by atoms with Crippen molar-refractivity contribution in [2.75, 3.05) is 86.0 Å². The Morgan fingerprint density at radius 1 is 0.785 bits per heavy atom. The Morgan fingerprint density at radius 2 is 1.45 bits per heavy atom. The molecule has 0 spiro atoms. The number of imide groups is 1. The van der Waals surface area contributed by atoms with Gasteiger partial charge in [0.25, 0.3) is 5.91 Å². The van der Waals surface area contributed by atoms with Crippen molar-refractivity contribution < 1.29 is 73.5 Å². The van der Waals surface area contributed by atoms with Crippen LogP contribution in [-0.4, -0.2) is 221 Å². The van der Waals surface area contributed by atoms with E-state index in [2.05, 4.69) is 25.8 Å². The Balaban J connectivity index is 0.0000104. The number of Topliss-reactive ketones (excluding diaryl/α,β-unsaturated/α-hetero) is 3. The number of amides is 10. The van der Waals surface area contributed by atoms with E-state index in [1.165, 1.54) is 54.8 Å². The highest BCUT2D eigenvalue weighted by atomic mass is 32.1. The molecule has 3 fully saturated rings. The number of hydrogen-bond donors (Lipinski definition) is 5. The number of piperazine rings is 1. The van der Waals surface area contributed by atoms with Crippen LogP contribution in [0.25, 0.3) is 0 Å². The van der Waals surface area contributed by atoms with Gasteiger partial charge in [-0.2, -0.15) is 0 Å². The summed E-state index contributed by atoms with van der Waals surface area (Å²) in [4.78, 5) is 180. The maximum Gasteiger partial charge on any atom is 0.411 e. The number of nitrogens with two attached hydrogens (primary N) is 1. The number of ketones is 3. The Morgan fingerprint density at radius 3 is 2.03 bits per heavy atom. The lowest BCUT2D eigenvalue weighted by Gasteiger charge is -2.41. The Bertz CT molecular complexity index is 3400. The maximum absolute atomic E-state index is 15.2. The molecule has 3 aromatic rings. The fourth-order valence-electron chi connectivity index (χ4n) is 15.1. The number of aromatic nitrogens is 1. The summed E-state index contributed by atoms with van der Waals surface area (Å²) in [6, 6.07) is 12.3. The van der Waals surface area contributed by atoms with Crippen molar-refractivity contribution in [2.24, 2.45) is 53.1 Å². The average molecular weight is 1510 g/mol. The van der Waals surface area contributed by atoms with Gasteiger partial charge in [-0.05, 0) is 93.4 Å². The summed E-state index contributed by atoms with van der Waals surface area (Å²) >= 11 is 1.51. The number of nitrogens with zero attached hydrogens (tertiary/aromatic N) is 7. The Hall–Kier alpha value is -8.01. The third-order valence-corrected chi connectivity index (χ3v) is 22.6. The van der Waals surface area contributed by atoms with Crippen LogP contribution in [0.1, 0.15) is 196 Å². The number of anilines is 1. The SMILES string of the molecule is CC[C@H](C)[C@@H]([C@@H](CC(=O)N1CCC[C@H]1[C@H](CO)[C@@H](C)C(=O)C[C@@H](Cc1ccccc1)c1nccs1)OC)N(C)C(=O)[C@@H](CC(=O)[C@H](C(C)C)N(C)C(=O)OC(C(=O)N1CCN(C)CC1)c1ccc(NC(=O)[C@H](CCCNC(N)=O)CC(=O)[C@@H](NC(=O)CCCCCN2C(=O)CCC2=O)C(C)C)cc1)C(C)C.[3H]C. The number of likely N-dealkylation sites (tertiary alicyclic amines) is 2. The highest BCUT2D eigenvalue weighted by molar-refractivity contribution is 7.09. The smallest absolute Gasteiger partial charge is 0.411 e. The van der Waals surface area contributed by atoms with Crippen molar-refractivity contribution >= 4 is 87.8 Å². The highest BCUT2D eigenvalue weighted by Gasteiger charge is 2.45. The van der Waals surface area contributed by atoms with Gasteiger partial charge in [-0.25, -0.2) is 14.6 Å². The molecule has 594 valence electrons. The van der Waals surface area contributed by atoms with Gasteiger partial charge in [-0.3, -0.25) is 52.8 Å². The van der Waals surface area contributed by atoms with E-state index in [4.69, 9.17) is 16.6 Å². The number of unbranched alkanes of at least 4 members (excludes halogenated alkanes) is 2. The first kappa shape index (κ1) is 87.9. The van der Waals surface area contributed by atoms with Crippen LogP contribution >= 0.6 is 11.3 Å². The molecule has 3 aliphatic rings. The summed E-state index contributed by atoms with van der Waals surface area (Å²) < 4.78 is 18.1. The van der Waals surface area contributed by atoms with E-state index in [1.807, 2.05) is 77.4 Å². The lowest BCUT2D eigenvalue weighted by Crippen LogP contribution is -2.54. The van der Waals surface area contributed by atoms with E-state index in [0.29, 0.717) is 84.2 Å². The zero-order valence-corrected chi connectivity index (χ0v) is 66.6. The summed E-state index contributed by atoms with van der Waals surface area (Å²) in [6.07, 6.45) is 3.15. The summed E-state index contributed by atoms with van der Waals surface area (Å²) in [6.45, 7) is 19.0. The minimum absolute atomic E-state index is 0.0108. The molecule has 6 rings (SSSR count). The maximum atomic E-state index is 15.2. The average Bonchev–Trinajstić information content (AvgIpc) is 1.09. The number of primary amides is 1. The molecule has 4 heterocycles. The zero-order chi connectivity index (χ0) is 80.1. The van der Waals surface area contributed by atoms with Crippen LogP contribution in [0.15, 0.2) is 66.2 Å². The fraction of sp³-hybridized carbons (Fsp3) is 0.662. The van der Waals surface area contributed by atoms with Gasteiger partial charge in [0.05, 0.1) is 35.7 Å². The predicted molar refractivity (Wildman–Crippen MR) is 411 cm³/mol. The highest BCUT2D eigenvalue weighted by Crippen LogP contribution is 2.36. The Labute approximate surface area is 639 Å². The number of methoxy groups -OCH3 is 1. The van der Waals surface area contributed by atoms with Crippen LogP contribution in [0.2, 0.25) is 0 Å². The first-order valence-electron chi connectivity index (χ1n) is 39.1. The fourth-order valence-corrected chi connectivity index (χ4v) is 15.9. The molecule has 1 aromatic heterocycles. The number of benzene rings is 2. The van der Waals surface area contributed by atoms with Gasteiger partial charge in [0.2, 0.25) is 41.5 Å². The molecule has 2 aromatic carbocycles. The van der Waals surface area contributed by atoms with Gasteiger partial charge in [0.1, 0.15) is 5.78 Å². The number of rotatable bonds is 43. The number of carbonyl (C=O) groups excluding carboxylic acids is 12. The summed E-state index contributed by atoms with van der Waals surface area (Å²) in [5.41, 5.74) is 6.95.